The molecule has 4 heterocycles. The molecule has 1 atom stereocenters. The van der Waals surface area contributed by atoms with Crippen LogP contribution in [0.25, 0.3) is 16.9 Å². The van der Waals surface area contributed by atoms with Crippen molar-refractivity contribution in [2.45, 2.75) is 24.5 Å². The molecule has 9 heteroatoms. The molecular weight excluding hydrogens is 536 g/mol. The van der Waals surface area contributed by atoms with Crippen LogP contribution in [-0.2, 0) is 9.59 Å². The number of carbonyl (C=O) groups excluding carboxylic acids is 2. The average Bonchev–Trinajstić information content (AvgIpc) is 3.60. The van der Waals surface area contributed by atoms with Gasteiger partial charge >= 0.3 is 0 Å². The summed E-state index contributed by atoms with van der Waals surface area (Å²) < 4.78 is 1.77. The average molecular weight is 563 g/mol. The molecule has 4 aromatic rings. The topological polar surface area (TPSA) is 58.4 Å². The van der Waals surface area contributed by atoms with E-state index in [0.717, 1.165) is 54.0 Å². The molecule has 6 nitrogen and oxygen atoms in total. The fourth-order valence-corrected chi connectivity index (χ4v) is 7.55. The molecule has 1 saturated heterocycles. The number of likely N-dealkylation sites (tertiary alicyclic amines) is 1. The highest BCUT2D eigenvalue weighted by molar-refractivity contribution is 8.00. The van der Waals surface area contributed by atoms with Crippen LogP contribution in [0.5, 0.6) is 0 Å². The van der Waals surface area contributed by atoms with Gasteiger partial charge in [0.15, 0.2) is 0 Å². The van der Waals surface area contributed by atoms with E-state index in [2.05, 4.69) is 11.4 Å². The van der Waals surface area contributed by atoms with E-state index in [4.69, 9.17) is 16.7 Å². The third kappa shape index (κ3) is 4.77. The Kier molecular flexibility index (Phi) is 7.28. The Morgan fingerprint density at radius 3 is 2.47 bits per heavy atom. The van der Waals surface area contributed by atoms with Crippen molar-refractivity contribution in [3.8, 4) is 16.9 Å². The molecule has 0 aliphatic carbocycles. The number of halogens is 1. The lowest BCUT2D eigenvalue weighted by molar-refractivity contribution is -0.132. The fourth-order valence-electron chi connectivity index (χ4n) is 5.16. The van der Waals surface area contributed by atoms with Gasteiger partial charge in [-0.3, -0.25) is 14.5 Å². The number of amides is 2. The second kappa shape index (κ2) is 11.0. The molecular formula is C29H27ClN4O2S2. The highest BCUT2D eigenvalue weighted by atomic mass is 35.5. The smallest absolute Gasteiger partial charge is 0.242 e. The largest absolute Gasteiger partial charge is 0.341 e. The molecule has 38 heavy (non-hydrogen) atoms. The summed E-state index contributed by atoms with van der Waals surface area (Å²) >= 11 is 9.96. The van der Waals surface area contributed by atoms with Crippen molar-refractivity contribution < 1.29 is 9.59 Å². The summed E-state index contributed by atoms with van der Waals surface area (Å²) in [6.45, 7) is 1.45. The Hall–Kier alpha value is -3.07. The highest BCUT2D eigenvalue weighted by Crippen LogP contribution is 2.49. The molecule has 2 aromatic carbocycles. The van der Waals surface area contributed by atoms with Crippen LogP contribution >= 0.6 is 34.7 Å². The molecule has 6 rings (SSSR count). The van der Waals surface area contributed by atoms with Crippen LogP contribution in [-0.4, -0.2) is 51.9 Å². The van der Waals surface area contributed by atoms with Gasteiger partial charge in [0.25, 0.3) is 0 Å². The Balaban J connectivity index is 1.58. The van der Waals surface area contributed by atoms with E-state index in [1.54, 1.807) is 32.7 Å². The SMILES string of the molecule is O=C(CN1C(=O)CSC(c2cccs2)c2c(-c3ccccc3)nn(-c3ccccc3Cl)c21)N1CCCCC1. The molecule has 2 aliphatic heterocycles. The number of rotatable bonds is 5. The molecule has 0 saturated carbocycles. The number of hydrogen-bond acceptors (Lipinski definition) is 5. The van der Waals surface area contributed by atoms with E-state index in [9.17, 15) is 9.59 Å². The predicted octanol–water partition coefficient (Wildman–Crippen LogP) is 6.44. The lowest BCUT2D eigenvalue weighted by Gasteiger charge is -2.30. The lowest BCUT2D eigenvalue weighted by Crippen LogP contribution is -2.45. The molecule has 1 unspecified atom stereocenters. The maximum absolute atomic E-state index is 13.8. The van der Waals surface area contributed by atoms with Crippen LogP contribution in [0.3, 0.4) is 0 Å². The number of thioether (sulfide) groups is 1. The van der Waals surface area contributed by atoms with E-state index in [0.29, 0.717) is 16.5 Å². The fraction of sp³-hybridized carbons (Fsp3) is 0.276. The van der Waals surface area contributed by atoms with E-state index in [-0.39, 0.29) is 29.4 Å². The number of aromatic nitrogens is 2. The van der Waals surface area contributed by atoms with E-state index >= 15 is 0 Å². The van der Waals surface area contributed by atoms with Gasteiger partial charge in [-0.1, -0.05) is 60.1 Å². The van der Waals surface area contributed by atoms with Crippen LogP contribution in [0.1, 0.15) is 35.0 Å². The Morgan fingerprint density at radius 2 is 1.74 bits per heavy atom. The second-order valence-corrected chi connectivity index (χ2v) is 11.9. The zero-order valence-corrected chi connectivity index (χ0v) is 23.1. The number of carbonyl (C=O) groups is 2. The first-order valence-corrected chi connectivity index (χ1v) is 15.1. The first kappa shape index (κ1) is 25.2. The summed E-state index contributed by atoms with van der Waals surface area (Å²) in [5, 5.41) is 7.57. The number of anilines is 1. The molecule has 2 amide bonds. The van der Waals surface area contributed by atoms with E-state index in [1.165, 1.54) is 0 Å². The molecule has 1 fully saturated rings. The zero-order valence-electron chi connectivity index (χ0n) is 20.8. The van der Waals surface area contributed by atoms with Gasteiger partial charge in [-0.05, 0) is 42.8 Å². The molecule has 2 aromatic heterocycles. The van der Waals surface area contributed by atoms with Gasteiger partial charge in [0.05, 0.1) is 27.4 Å². The minimum Gasteiger partial charge on any atom is -0.341 e. The normalized spacial score (nSPS) is 17.8. The maximum atomic E-state index is 13.8. The van der Waals surface area contributed by atoms with Crippen LogP contribution in [0.2, 0.25) is 5.02 Å². The van der Waals surface area contributed by atoms with Crippen molar-refractivity contribution in [3.63, 3.8) is 0 Å². The summed E-state index contributed by atoms with van der Waals surface area (Å²) in [5.41, 5.74) is 3.35. The van der Waals surface area contributed by atoms with Crippen molar-refractivity contribution in [2.24, 2.45) is 0 Å². The quantitative estimate of drug-likeness (QED) is 0.281. The summed E-state index contributed by atoms with van der Waals surface area (Å²) in [5.74, 6) is 0.752. The van der Waals surface area contributed by atoms with Crippen molar-refractivity contribution in [1.82, 2.24) is 14.7 Å². The zero-order chi connectivity index (χ0) is 26.1. The van der Waals surface area contributed by atoms with E-state index < -0.39 is 0 Å². The number of nitrogens with zero attached hydrogens (tertiary/aromatic N) is 4. The van der Waals surface area contributed by atoms with Gasteiger partial charge in [-0.15, -0.1) is 23.1 Å². The van der Waals surface area contributed by atoms with Crippen molar-refractivity contribution in [1.29, 1.82) is 0 Å². The summed E-state index contributed by atoms with van der Waals surface area (Å²) in [6, 6.07) is 21.7. The van der Waals surface area contributed by atoms with Gasteiger partial charge in [-0.25, -0.2) is 4.68 Å². The Labute approximate surface area is 235 Å². The van der Waals surface area contributed by atoms with Gasteiger partial charge < -0.3 is 4.90 Å². The van der Waals surface area contributed by atoms with Crippen molar-refractivity contribution in [2.75, 3.05) is 30.3 Å². The monoisotopic (exact) mass is 562 g/mol. The Bertz CT molecular complexity index is 1450. The molecule has 0 radical (unpaired) electrons. The molecule has 194 valence electrons. The number of fused-ring (bicyclic) bond motifs is 1. The standard InChI is InChI=1S/C29H27ClN4O2S2/c30-21-12-5-6-13-22(21)34-29-26(27(31-34)20-10-3-1-4-11-20)28(23-14-9-17-37-23)38-19-25(36)33(29)18-24(35)32-15-7-2-8-16-32/h1,3-6,9-14,17,28H,2,7-8,15-16,18-19H2. The number of para-hydroxylation sites is 1. The maximum Gasteiger partial charge on any atom is 0.242 e. The van der Waals surface area contributed by atoms with E-state index in [1.807, 2.05) is 65.6 Å². The number of thiophene rings is 1. The van der Waals surface area contributed by atoms with Gasteiger partial charge in [0.2, 0.25) is 11.8 Å². The van der Waals surface area contributed by atoms with Crippen LogP contribution in [0.4, 0.5) is 5.82 Å². The minimum absolute atomic E-state index is 0.0199. The third-order valence-corrected chi connectivity index (χ3v) is 9.66. The summed E-state index contributed by atoms with van der Waals surface area (Å²) in [6.07, 6.45) is 3.13. The molecule has 0 N–H and O–H groups in total. The van der Waals surface area contributed by atoms with Gasteiger partial charge in [0.1, 0.15) is 12.4 Å². The lowest BCUT2D eigenvalue weighted by atomic mass is 10.0. The molecule has 2 aliphatic rings. The van der Waals surface area contributed by atoms with Gasteiger partial charge in [0, 0.05) is 29.1 Å². The molecule has 0 bridgehead atoms. The Morgan fingerprint density at radius 1 is 0.974 bits per heavy atom. The molecule has 0 spiro atoms. The predicted molar refractivity (Wildman–Crippen MR) is 155 cm³/mol. The minimum atomic E-state index is -0.115. The van der Waals surface area contributed by atoms with Crippen molar-refractivity contribution >= 4 is 52.3 Å². The van der Waals surface area contributed by atoms with Gasteiger partial charge in [-0.2, -0.15) is 5.10 Å². The second-order valence-electron chi connectivity index (χ2n) is 9.44. The first-order valence-electron chi connectivity index (χ1n) is 12.8. The number of piperidine rings is 1. The summed E-state index contributed by atoms with van der Waals surface area (Å²) in [4.78, 5) is 32.0. The highest BCUT2D eigenvalue weighted by Gasteiger charge is 2.38. The number of benzene rings is 2. The van der Waals surface area contributed by atoms with Crippen LogP contribution in [0, 0.1) is 0 Å². The number of hydrogen-bond donors (Lipinski definition) is 0. The van der Waals surface area contributed by atoms with Crippen LogP contribution < -0.4 is 4.90 Å². The summed E-state index contributed by atoms with van der Waals surface area (Å²) in [7, 11) is 0. The van der Waals surface area contributed by atoms with Crippen molar-refractivity contribution in [3.05, 3.63) is 87.6 Å². The third-order valence-electron chi connectivity index (χ3n) is 7.02. The first-order chi connectivity index (χ1) is 18.6. The van der Waals surface area contributed by atoms with Crippen LogP contribution in [0.15, 0.2) is 72.1 Å².